The quantitative estimate of drug-likeness (QED) is 0.644. The van der Waals surface area contributed by atoms with Gasteiger partial charge in [-0.15, -0.1) is 0 Å². The molecule has 7 nitrogen and oxygen atoms in total. The molecule has 0 bridgehead atoms. The number of hydrogen-bond donors (Lipinski definition) is 2. The average molecular weight is 327 g/mol. The summed E-state index contributed by atoms with van der Waals surface area (Å²) in [7, 11) is -3.71. The van der Waals surface area contributed by atoms with E-state index in [2.05, 4.69) is 10.0 Å². The van der Waals surface area contributed by atoms with Crippen molar-refractivity contribution in [3.63, 3.8) is 0 Å². The number of sulfonamides is 1. The monoisotopic (exact) mass is 327 g/mol. The standard InChI is InChI=1S/C14H21N3O4S/c1-9-4-5-15-8-13(9)16-22(20,21)14-10(2)6-12(17(18)19)7-11(14)3/h6-7,9,13,15-16H,4-5,8H2,1-3H3. The lowest BCUT2D eigenvalue weighted by molar-refractivity contribution is -0.385. The first-order valence-electron chi connectivity index (χ1n) is 7.21. The van der Waals surface area contributed by atoms with E-state index in [1.807, 2.05) is 6.92 Å². The van der Waals surface area contributed by atoms with E-state index in [0.29, 0.717) is 17.7 Å². The van der Waals surface area contributed by atoms with Gasteiger partial charge in [-0.25, -0.2) is 13.1 Å². The van der Waals surface area contributed by atoms with Crippen molar-refractivity contribution >= 4 is 15.7 Å². The summed E-state index contributed by atoms with van der Waals surface area (Å²) in [5, 5.41) is 14.0. The summed E-state index contributed by atoms with van der Waals surface area (Å²) in [5.41, 5.74) is 0.674. The zero-order valence-corrected chi connectivity index (χ0v) is 13.7. The molecule has 1 heterocycles. The van der Waals surface area contributed by atoms with Gasteiger partial charge in [-0.05, 0) is 43.9 Å². The molecule has 0 aliphatic carbocycles. The number of hydrogen-bond acceptors (Lipinski definition) is 5. The molecule has 2 unspecified atom stereocenters. The Kier molecular flexibility index (Phi) is 4.84. The largest absolute Gasteiger partial charge is 0.315 e. The van der Waals surface area contributed by atoms with E-state index in [0.717, 1.165) is 13.0 Å². The van der Waals surface area contributed by atoms with Crippen LogP contribution >= 0.6 is 0 Å². The molecule has 1 aliphatic rings. The van der Waals surface area contributed by atoms with Gasteiger partial charge in [0.05, 0.1) is 9.82 Å². The zero-order chi connectivity index (χ0) is 16.5. The SMILES string of the molecule is Cc1cc([N+](=O)[O-])cc(C)c1S(=O)(=O)NC1CNCCC1C. The summed E-state index contributed by atoms with van der Waals surface area (Å²) in [6.07, 6.45) is 0.908. The number of nitro groups is 1. The Hall–Kier alpha value is -1.51. The van der Waals surface area contributed by atoms with Crippen LogP contribution in [0.15, 0.2) is 17.0 Å². The van der Waals surface area contributed by atoms with Crippen molar-refractivity contribution < 1.29 is 13.3 Å². The molecule has 1 saturated heterocycles. The fourth-order valence-electron chi connectivity index (χ4n) is 2.86. The topological polar surface area (TPSA) is 101 Å². The van der Waals surface area contributed by atoms with Crippen molar-refractivity contribution in [2.24, 2.45) is 5.92 Å². The highest BCUT2D eigenvalue weighted by molar-refractivity contribution is 7.89. The second kappa shape index (κ2) is 6.31. The molecule has 2 N–H and O–H groups in total. The van der Waals surface area contributed by atoms with Gasteiger partial charge in [0, 0.05) is 24.7 Å². The van der Waals surface area contributed by atoms with Crippen molar-refractivity contribution in [1.82, 2.24) is 10.0 Å². The van der Waals surface area contributed by atoms with Crippen molar-refractivity contribution in [3.05, 3.63) is 33.4 Å². The van der Waals surface area contributed by atoms with E-state index in [9.17, 15) is 18.5 Å². The Balaban J connectivity index is 2.35. The number of benzene rings is 1. The molecular formula is C14H21N3O4S. The van der Waals surface area contributed by atoms with Crippen LogP contribution in [0.3, 0.4) is 0 Å². The lowest BCUT2D eigenvalue weighted by atomic mass is 9.96. The maximum absolute atomic E-state index is 12.7. The molecule has 122 valence electrons. The minimum atomic E-state index is -3.71. The van der Waals surface area contributed by atoms with Gasteiger partial charge in [0.25, 0.3) is 5.69 Å². The van der Waals surface area contributed by atoms with E-state index in [4.69, 9.17) is 0 Å². The highest BCUT2D eigenvalue weighted by Crippen LogP contribution is 2.26. The molecule has 0 spiro atoms. The van der Waals surface area contributed by atoms with Crippen LogP contribution in [-0.4, -0.2) is 32.5 Å². The summed E-state index contributed by atoms with van der Waals surface area (Å²) in [6, 6.07) is 2.42. The minimum Gasteiger partial charge on any atom is -0.315 e. The van der Waals surface area contributed by atoms with Crippen LogP contribution in [0.2, 0.25) is 0 Å². The van der Waals surface area contributed by atoms with Gasteiger partial charge >= 0.3 is 0 Å². The first kappa shape index (κ1) is 16.9. The molecule has 8 heteroatoms. The molecule has 2 rings (SSSR count). The number of aryl methyl sites for hydroxylation is 2. The van der Waals surface area contributed by atoms with Gasteiger partial charge in [0.1, 0.15) is 0 Å². The van der Waals surface area contributed by atoms with Crippen LogP contribution in [0.25, 0.3) is 0 Å². The predicted molar refractivity (Wildman–Crippen MR) is 83.3 cm³/mol. The molecule has 0 aromatic heterocycles. The Labute approximate surface area is 130 Å². The van der Waals surface area contributed by atoms with Gasteiger partial charge in [-0.3, -0.25) is 10.1 Å². The molecule has 0 radical (unpaired) electrons. The van der Waals surface area contributed by atoms with Gasteiger partial charge in [0.15, 0.2) is 0 Å². The molecule has 1 aromatic rings. The third-order valence-electron chi connectivity index (χ3n) is 4.06. The van der Waals surface area contributed by atoms with Crippen molar-refractivity contribution in [2.75, 3.05) is 13.1 Å². The second-order valence-electron chi connectivity index (χ2n) is 5.86. The maximum atomic E-state index is 12.7. The molecule has 1 fully saturated rings. The fraction of sp³-hybridized carbons (Fsp3) is 0.571. The summed E-state index contributed by atoms with van der Waals surface area (Å²) in [4.78, 5) is 10.5. The number of rotatable bonds is 4. The fourth-order valence-corrected chi connectivity index (χ4v) is 4.66. The molecule has 0 saturated carbocycles. The Morgan fingerprint density at radius 1 is 1.32 bits per heavy atom. The zero-order valence-electron chi connectivity index (χ0n) is 12.9. The van der Waals surface area contributed by atoms with E-state index in [1.54, 1.807) is 13.8 Å². The van der Waals surface area contributed by atoms with Crippen LogP contribution in [0.4, 0.5) is 5.69 Å². The maximum Gasteiger partial charge on any atom is 0.270 e. The third kappa shape index (κ3) is 3.45. The van der Waals surface area contributed by atoms with Crippen LogP contribution < -0.4 is 10.0 Å². The lowest BCUT2D eigenvalue weighted by Gasteiger charge is -2.30. The second-order valence-corrected chi connectivity index (χ2v) is 7.51. The van der Waals surface area contributed by atoms with Crippen LogP contribution in [0, 0.1) is 29.9 Å². The summed E-state index contributed by atoms with van der Waals surface area (Å²) < 4.78 is 28.1. The molecule has 0 amide bonds. The number of nitrogens with one attached hydrogen (secondary N) is 2. The van der Waals surface area contributed by atoms with Gasteiger partial charge in [0.2, 0.25) is 10.0 Å². The van der Waals surface area contributed by atoms with E-state index < -0.39 is 14.9 Å². The highest BCUT2D eigenvalue weighted by atomic mass is 32.2. The predicted octanol–water partition coefficient (Wildman–Crippen LogP) is 1.49. The van der Waals surface area contributed by atoms with Crippen LogP contribution in [0.1, 0.15) is 24.5 Å². The Morgan fingerprint density at radius 3 is 2.41 bits per heavy atom. The molecular weight excluding hydrogens is 306 g/mol. The summed E-state index contributed by atoms with van der Waals surface area (Å²) in [5.74, 6) is 0.245. The van der Waals surface area contributed by atoms with Gasteiger partial charge in [-0.2, -0.15) is 0 Å². The molecule has 1 aromatic carbocycles. The van der Waals surface area contributed by atoms with Crippen molar-refractivity contribution in [2.45, 2.75) is 38.1 Å². The number of non-ortho nitro benzene ring substituents is 1. The smallest absolute Gasteiger partial charge is 0.270 e. The normalized spacial score (nSPS) is 22.5. The average Bonchev–Trinajstić information content (AvgIpc) is 2.39. The summed E-state index contributed by atoms with van der Waals surface area (Å²) >= 11 is 0. The molecule has 2 atom stereocenters. The van der Waals surface area contributed by atoms with E-state index in [1.165, 1.54) is 12.1 Å². The van der Waals surface area contributed by atoms with Gasteiger partial charge < -0.3 is 5.32 Å². The van der Waals surface area contributed by atoms with Crippen LogP contribution in [0.5, 0.6) is 0 Å². The lowest BCUT2D eigenvalue weighted by Crippen LogP contribution is -2.50. The minimum absolute atomic E-state index is 0.0957. The molecule has 22 heavy (non-hydrogen) atoms. The number of nitrogens with zero attached hydrogens (tertiary/aromatic N) is 1. The first-order valence-corrected chi connectivity index (χ1v) is 8.69. The van der Waals surface area contributed by atoms with Gasteiger partial charge in [-0.1, -0.05) is 6.92 Å². The summed E-state index contributed by atoms with van der Waals surface area (Å²) in [6.45, 7) is 6.65. The Morgan fingerprint density at radius 2 is 1.91 bits per heavy atom. The number of piperidine rings is 1. The highest BCUT2D eigenvalue weighted by Gasteiger charge is 2.29. The van der Waals surface area contributed by atoms with Crippen molar-refractivity contribution in [3.8, 4) is 0 Å². The third-order valence-corrected chi connectivity index (χ3v) is 5.85. The van der Waals surface area contributed by atoms with Crippen LogP contribution in [-0.2, 0) is 10.0 Å². The van der Waals surface area contributed by atoms with Crippen molar-refractivity contribution in [1.29, 1.82) is 0 Å². The Bertz CT molecular complexity index is 664. The van der Waals surface area contributed by atoms with E-state index in [-0.39, 0.29) is 22.5 Å². The first-order chi connectivity index (χ1) is 10.2. The number of nitro benzene ring substituents is 1. The molecule has 1 aliphatic heterocycles. The van der Waals surface area contributed by atoms with E-state index >= 15 is 0 Å².